The quantitative estimate of drug-likeness (QED) is 0.804. The first kappa shape index (κ1) is 13.2. The average molecular weight is 262 g/mol. The van der Waals surface area contributed by atoms with Crippen molar-refractivity contribution in [3.8, 4) is 11.5 Å². The van der Waals surface area contributed by atoms with Crippen molar-refractivity contribution in [1.82, 2.24) is 10.2 Å². The standard InChI is InChI=1S/C13H14N2O4/c1-2-6-18-8-11-14-15-12(19-11)9-4-3-5-10(7-9)13(16)17/h3-5,7H,2,6,8H2,1H3,(H,16,17). The molecule has 2 aromatic rings. The fourth-order valence-electron chi connectivity index (χ4n) is 1.52. The number of aromatic nitrogens is 2. The van der Waals surface area contributed by atoms with Crippen LogP contribution in [0.25, 0.3) is 11.5 Å². The van der Waals surface area contributed by atoms with Crippen molar-refractivity contribution in [2.45, 2.75) is 20.0 Å². The lowest BCUT2D eigenvalue weighted by Gasteiger charge is -1.98. The van der Waals surface area contributed by atoms with E-state index in [-0.39, 0.29) is 18.1 Å². The topological polar surface area (TPSA) is 85.5 Å². The zero-order valence-electron chi connectivity index (χ0n) is 10.5. The number of rotatable bonds is 6. The van der Waals surface area contributed by atoms with Crippen molar-refractivity contribution < 1.29 is 19.1 Å². The Hall–Kier alpha value is -2.21. The molecule has 0 atom stereocenters. The summed E-state index contributed by atoms with van der Waals surface area (Å²) in [4.78, 5) is 10.9. The summed E-state index contributed by atoms with van der Waals surface area (Å²) in [5.41, 5.74) is 0.758. The maximum atomic E-state index is 10.9. The van der Waals surface area contributed by atoms with Gasteiger partial charge >= 0.3 is 5.97 Å². The smallest absolute Gasteiger partial charge is 0.335 e. The lowest BCUT2D eigenvalue weighted by Crippen LogP contribution is -1.95. The molecule has 6 nitrogen and oxygen atoms in total. The molecule has 0 spiro atoms. The Morgan fingerprint density at radius 2 is 2.26 bits per heavy atom. The Morgan fingerprint density at radius 1 is 1.42 bits per heavy atom. The van der Waals surface area contributed by atoms with Crippen molar-refractivity contribution in [1.29, 1.82) is 0 Å². The summed E-state index contributed by atoms with van der Waals surface area (Å²) < 4.78 is 10.7. The van der Waals surface area contributed by atoms with E-state index >= 15 is 0 Å². The predicted octanol–water partition coefficient (Wildman–Crippen LogP) is 2.36. The van der Waals surface area contributed by atoms with Gasteiger partial charge in [-0.15, -0.1) is 10.2 Å². The Bertz CT molecular complexity index is 565. The summed E-state index contributed by atoms with van der Waals surface area (Å²) in [6, 6.07) is 6.35. The molecule has 0 unspecified atom stereocenters. The van der Waals surface area contributed by atoms with E-state index < -0.39 is 5.97 Å². The molecule has 2 rings (SSSR count). The molecule has 0 radical (unpaired) electrons. The highest BCUT2D eigenvalue weighted by Crippen LogP contribution is 2.19. The summed E-state index contributed by atoms with van der Waals surface area (Å²) in [5.74, 6) is -0.324. The van der Waals surface area contributed by atoms with Gasteiger partial charge in [-0.1, -0.05) is 13.0 Å². The fourth-order valence-corrected chi connectivity index (χ4v) is 1.52. The third-order valence-corrected chi connectivity index (χ3v) is 2.40. The number of carbonyl (C=O) groups is 1. The van der Waals surface area contributed by atoms with Gasteiger partial charge in [-0.05, 0) is 24.6 Å². The second kappa shape index (κ2) is 6.10. The van der Waals surface area contributed by atoms with Gasteiger partial charge in [0.1, 0.15) is 6.61 Å². The number of hydrogen-bond donors (Lipinski definition) is 1. The number of ether oxygens (including phenoxy) is 1. The first-order valence-corrected chi connectivity index (χ1v) is 5.94. The summed E-state index contributed by atoms with van der Waals surface area (Å²) in [5, 5.41) is 16.6. The number of nitrogens with zero attached hydrogens (tertiary/aromatic N) is 2. The third-order valence-electron chi connectivity index (χ3n) is 2.40. The van der Waals surface area contributed by atoms with E-state index in [9.17, 15) is 4.79 Å². The summed E-state index contributed by atoms with van der Waals surface area (Å²) in [6.45, 7) is 2.91. The summed E-state index contributed by atoms with van der Waals surface area (Å²) >= 11 is 0. The van der Waals surface area contributed by atoms with Crippen LogP contribution in [0, 0.1) is 0 Å². The van der Waals surface area contributed by atoms with Gasteiger partial charge in [0, 0.05) is 12.2 Å². The van der Waals surface area contributed by atoms with E-state index in [0.717, 1.165) is 6.42 Å². The van der Waals surface area contributed by atoms with Gasteiger partial charge in [-0.2, -0.15) is 0 Å². The average Bonchev–Trinajstić information content (AvgIpc) is 2.88. The number of carboxylic acids is 1. The number of carboxylic acid groups (broad SMARTS) is 1. The number of hydrogen-bond acceptors (Lipinski definition) is 5. The van der Waals surface area contributed by atoms with E-state index in [2.05, 4.69) is 10.2 Å². The van der Waals surface area contributed by atoms with E-state index in [1.54, 1.807) is 12.1 Å². The molecule has 0 saturated heterocycles. The number of aromatic carboxylic acids is 1. The molecule has 0 fully saturated rings. The summed E-state index contributed by atoms with van der Waals surface area (Å²) in [7, 11) is 0. The molecule has 0 aliphatic rings. The highest BCUT2D eigenvalue weighted by molar-refractivity contribution is 5.88. The van der Waals surface area contributed by atoms with Gasteiger partial charge < -0.3 is 14.3 Å². The first-order valence-electron chi connectivity index (χ1n) is 5.94. The van der Waals surface area contributed by atoms with E-state index in [1.165, 1.54) is 12.1 Å². The minimum atomic E-state index is -0.993. The van der Waals surface area contributed by atoms with Gasteiger partial charge in [-0.25, -0.2) is 4.79 Å². The Kier molecular flexibility index (Phi) is 4.25. The second-order valence-corrected chi connectivity index (χ2v) is 3.94. The molecular formula is C13H14N2O4. The van der Waals surface area contributed by atoms with Gasteiger partial charge in [0.25, 0.3) is 0 Å². The van der Waals surface area contributed by atoms with Crippen molar-refractivity contribution in [3.05, 3.63) is 35.7 Å². The maximum Gasteiger partial charge on any atom is 0.335 e. The zero-order chi connectivity index (χ0) is 13.7. The molecule has 0 amide bonds. The molecule has 19 heavy (non-hydrogen) atoms. The van der Waals surface area contributed by atoms with Crippen molar-refractivity contribution in [3.63, 3.8) is 0 Å². The second-order valence-electron chi connectivity index (χ2n) is 3.94. The number of benzene rings is 1. The molecule has 0 aliphatic heterocycles. The molecule has 0 saturated carbocycles. The lowest BCUT2D eigenvalue weighted by molar-refractivity contribution is 0.0697. The van der Waals surface area contributed by atoms with Crippen LogP contribution in [0.2, 0.25) is 0 Å². The van der Waals surface area contributed by atoms with Crippen LogP contribution in [0.15, 0.2) is 28.7 Å². The highest BCUT2D eigenvalue weighted by Gasteiger charge is 2.11. The van der Waals surface area contributed by atoms with Gasteiger partial charge in [0.2, 0.25) is 11.8 Å². The molecular weight excluding hydrogens is 248 g/mol. The van der Waals surface area contributed by atoms with Crippen molar-refractivity contribution in [2.75, 3.05) is 6.61 Å². The Balaban J connectivity index is 2.13. The normalized spacial score (nSPS) is 10.6. The maximum absolute atomic E-state index is 10.9. The molecule has 1 N–H and O–H groups in total. The van der Waals surface area contributed by atoms with E-state index in [0.29, 0.717) is 18.1 Å². The Labute approximate surface area is 110 Å². The van der Waals surface area contributed by atoms with E-state index in [1.807, 2.05) is 6.92 Å². The molecule has 1 aromatic carbocycles. The zero-order valence-corrected chi connectivity index (χ0v) is 10.5. The molecule has 100 valence electrons. The first-order chi connectivity index (χ1) is 9.20. The highest BCUT2D eigenvalue weighted by atomic mass is 16.5. The fraction of sp³-hybridized carbons (Fsp3) is 0.308. The molecule has 0 aliphatic carbocycles. The van der Waals surface area contributed by atoms with Crippen LogP contribution in [-0.2, 0) is 11.3 Å². The van der Waals surface area contributed by atoms with Gasteiger partial charge in [0.05, 0.1) is 5.56 Å². The minimum absolute atomic E-state index is 0.180. The van der Waals surface area contributed by atoms with Crippen LogP contribution >= 0.6 is 0 Å². The minimum Gasteiger partial charge on any atom is -0.478 e. The molecule has 0 bridgehead atoms. The Morgan fingerprint density at radius 3 is 3.00 bits per heavy atom. The van der Waals surface area contributed by atoms with Crippen LogP contribution in [0.1, 0.15) is 29.6 Å². The van der Waals surface area contributed by atoms with Crippen LogP contribution in [0.3, 0.4) is 0 Å². The molecule has 1 heterocycles. The van der Waals surface area contributed by atoms with Crippen LogP contribution in [0.4, 0.5) is 0 Å². The predicted molar refractivity (Wildman–Crippen MR) is 66.6 cm³/mol. The molecule has 1 aromatic heterocycles. The SMILES string of the molecule is CCCOCc1nnc(-c2cccc(C(=O)O)c2)o1. The van der Waals surface area contributed by atoms with Crippen molar-refractivity contribution in [2.24, 2.45) is 0 Å². The summed E-state index contributed by atoms with van der Waals surface area (Å²) in [6.07, 6.45) is 0.918. The third kappa shape index (κ3) is 3.38. The van der Waals surface area contributed by atoms with Crippen LogP contribution < -0.4 is 0 Å². The monoisotopic (exact) mass is 262 g/mol. The van der Waals surface area contributed by atoms with Crippen molar-refractivity contribution >= 4 is 5.97 Å². The van der Waals surface area contributed by atoms with E-state index in [4.69, 9.17) is 14.3 Å². The molecule has 6 heteroatoms. The largest absolute Gasteiger partial charge is 0.478 e. The van der Waals surface area contributed by atoms with Gasteiger partial charge in [0.15, 0.2) is 0 Å². The van der Waals surface area contributed by atoms with Crippen LogP contribution in [0.5, 0.6) is 0 Å². The lowest BCUT2D eigenvalue weighted by atomic mass is 10.1. The van der Waals surface area contributed by atoms with Crippen LogP contribution in [-0.4, -0.2) is 27.9 Å². The van der Waals surface area contributed by atoms with Gasteiger partial charge in [-0.3, -0.25) is 0 Å².